The van der Waals surface area contributed by atoms with E-state index in [9.17, 15) is 18.5 Å². The molecule has 1 fully saturated rings. The van der Waals surface area contributed by atoms with Crippen molar-refractivity contribution in [1.82, 2.24) is 9.29 Å². The number of sulfonamides is 1. The number of H-pyrrole nitrogens is 1. The number of fused-ring (bicyclic) bond motifs is 3. The molecule has 0 unspecified atom stereocenters. The van der Waals surface area contributed by atoms with Crippen LogP contribution in [0.25, 0.3) is 10.9 Å². The number of para-hydroxylation sites is 1. The second-order valence-electron chi connectivity index (χ2n) is 7.72. The van der Waals surface area contributed by atoms with E-state index in [1.54, 1.807) is 6.07 Å². The first-order valence-electron chi connectivity index (χ1n) is 10.1. The molecule has 0 atom stereocenters. The highest BCUT2D eigenvalue weighted by atomic mass is 32.2. The van der Waals surface area contributed by atoms with E-state index in [-0.39, 0.29) is 23.7 Å². The van der Waals surface area contributed by atoms with Gasteiger partial charge in [-0.3, -0.25) is 10.1 Å². The Kier molecular flexibility index (Phi) is 4.92. The lowest BCUT2D eigenvalue weighted by Crippen LogP contribution is -2.41. The van der Waals surface area contributed by atoms with Crippen molar-refractivity contribution >= 4 is 32.3 Å². The van der Waals surface area contributed by atoms with Crippen LogP contribution in [-0.4, -0.2) is 55.5 Å². The van der Waals surface area contributed by atoms with Gasteiger partial charge in [-0.25, -0.2) is 8.42 Å². The van der Waals surface area contributed by atoms with Crippen LogP contribution in [0.2, 0.25) is 0 Å². The van der Waals surface area contributed by atoms with Gasteiger partial charge in [0.25, 0.3) is 5.69 Å². The molecule has 3 aromatic rings. The van der Waals surface area contributed by atoms with E-state index in [0.717, 1.165) is 28.6 Å². The van der Waals surface area contributed by atoms with Crippen LogP contribution < -0.4 is 4.90 Å². The number of aromatic nitrogens is 1. The summed E-state index contributed by atoms with van der Waals surface area (Å²) < 4.78 is 33.5. The molecule has 0 aliphatic carbocycles. The maximum Gasteiger partial charge on any atom is 0.270 e. The summed E-state index contributed by atoms with van der Waals surface area (Å²) in [4.78, 5) is 16.2. The van der Waals surface area contributed by atoms with Gasteiger partial charge in [0.05, 0.1) is 23.8 Å². The second-order valence-corrected chi connectivity index (χ2v) is 9.63. The maximum absolute atomic E-state index is 13.4. The molecule has 1 aromatic heterocycles. The van der Waals surface area contributed by atoms with Gasteiger partial charge in [0.1, 0.15) is 4.90 Å². The lowest BCUT2D eigenvalue weighted by Gasteiger charge is -2.32. The van der Waals surface area contributed by atoms with Crippen molar-refractivity contribution in [3.8, 4) is 0 Å². The maximum atomic E-state index is 13.4. The Balaban J connectivity index is 1.58. The molecule has 0 saturated carbocycles. The predicted molar refractivity (Wildman–Crippen MR) is 116 cm³/mol. The number of non-ortho nitro benzene ring substituents is 1. The number of hydrogen-bond donors (Lipinski definition) is 1. The van der Waals surface area contributed by atoms with Crippen LogP contribution in [0.5, 0.6) is 0 Å². The topological polar surface area (TPSA) is 109 Å². The number of benzene rings is 2. The molecule has 0 radical (unpaired) electrons. The van der Waals surface area contributed by atoms with Gasteiger partial charge < -0.3 is 14.6 Å². The van der Waals surface area contributed by atoms with Crippen molar-refractivity contribution in [2.75, 3.05) is 37.7 Å². The number of rotatable bonds is 4. The van der Waals surface area contributed by atoms with Gasteiger partial charge in [-0.1, -0.05) is 18.2 Å². The van der Waals surface area contributed by atoms with E-state index in [2.05, 4.69) is 11.1 Å². The minimum atomic E-state index is -3.91. The number of nitrogens with one attached hydrogen (secondary N) is 1. The molecule has 2 aromatic carbocycles. The van der Waals surface area contributed by atoms with Crippen molar-refractivity contribution in [2.45, 2.75) is 17.9 Å². The van der Waals surface area contributed by atoms with E-state index in [1.165, 1.54) is 16.4 Å². The van der Waals surface area contributed by atoms with Gasteiger partial charge in [0.15, 0.2) is 0 Å². The lowest BCUT2D eigenvalue weighted by molar-refractivity contribution is -0.385. The fourth-order valence-electron chi connectivity index (χ4n) is 4.38. The van der Waals surface area contributed by atoms with Gasteiger partial charge in [0, 0.05) is 66.9 Å². The van der Waals surface area contributed by atoms with Gasteiger partial charge in [-0.2, -0.15) is 4.31 Å². The lowest BCUT2D eigenvalue weighted by atomic mass is 10.0. The summed E-state index contributed by atoms with van der Waals surface area (Å²) in [6.07, 6.45) is 0.734. The van der Waals surface area contributed by atoms with Crippen LogP contribution in [-0.2, 0) is 27.7 Å². The zero-order chi connectivity index (χ0) is 21.6. The highest BCUT2D eigenvalue weighted by Crippen LogP contribution is 2.36. The molecule has 2 aliphatic heterocycles. The zero-order valence-electron chi connectivity index (χ0n) is 16.8. The quantitative estimate of drug-likeness (QED) is 0.492. The largest absolute Gasteiger partial charge is 0.379 e. The normalized spacial score (nSPS) is 17.6. The molecule has 3 heterocycles. The third-order valence-corrected chi connectivity index (χ3v) is 7.89. The highest BCUT2D eigenvalue weighted by molar-refractivity contribution is 7.89. The second kappa shape index (κ2) is 7.63. The minimum absolute atomic E-state index is 0.0214. The van der Waals surface area contributed by atoms with Crippen LogP contribution in [0.3, 0.4) is 0 Å². The molecular formula is C21H22N4O5S. The standard InChI is InChI=1S/C21H22N4O5S/c26-25(27)15-5-6-20(21(13-15)31(28,29)24-9-11-30-12-10-24)23-8-7-19-17(14-23)16-3-1-2-4-18(16)22-19/h1-6,13,22H,7-12,14H2. The van der Waals surface area contributed by atoms with E-state index >= 15 is 0 Å². The summed E-state index contributed by atoms with van der Waals surface area (Å²) >= 11 is 0. The van der Waals surface area contributed by atoms with E-state index in [1.807, 2.05) is 23.1 Å². The molecular weight excluding hydrogens is 420 g/mol. The van der Waals surface area contributed by atoms with E-state index in [0.29, 0.717) is 32.0 Å². The molecule has 0 spiro atoms. The molecule has 5 rings (SSSR count). The van der Waals surface area contributed by atoms with Gasteiger partial charge in [0.2, 0.25) is 10.0 Å². The van der Waals surface area contributed by atoms with Crippen molar-refractivity contribution < 1.29 is 18.1 Å². The Labute approximate surface area is 179 Å². The number of nitrogens with zero attached hydrogens (tertiary/aromatic N) is 3. The number of nitro benzene ring substituents is 1. The molecule has 1 N–H and O–H groups in total. The Morgan fingerprint density at radius 2 is 1.84 bits per heavy atom. The molecule has 2 aliphatic rings. The monoisotopic (exact) mass is 442 g/mol. The Hall–Kier alpha value is -2.95. The van der Waals surface area contributed by atoms with Crippen LogP contribution in [0.15, 0.2) is 47.4 Å². The molecule has 9 nitrogen and oxygen atoms in total. The molecule has 10 heteroatoms. The Bertz CT molecular complexity index is 1260. The van der Waals surface area contributed by atoms with Gasteiger partial charge >= 0.3 is 0 Å². The highest BCUT2D eigenvalue weighted by Gasteiger charge is 2.33. The molecule has 1 saturated heterocycles. The number of morpholine rings is 1. The first kappa shape index (κ1) is 20.0. The van der Waals surface area contributed by atoms with Crippen molar-refractivity contribution in [2.24, 2.45) is 0 Å². The summed E-state index contributed by atoms with van der Waals surface area (Å²) in [5.41, 5.74) is 3.60. The first-order chi connectivity index (χ1) is 14.9. The van der Waals surface area contributed by atoms with Crippen LogP contribution in [0.1, 0.15) is 11.3 Å². The number of ether oxygens (including phenoxy) is 1. The van der Waals surface area contributed by atoms with Gasteiger partial charge in [-0.05, 0) is 12.1 Å². The fraction of sp³-hybridized carbons (Fsp3) is 0.333. The van der Waals surface area contributed by atoms with Crippen LogP contribution >= 0.6 is 0 Å². The average molecular weight is 442 g/mol. The van der Waals surface area contributed by atoms with Crippen molar-refractivity contribution in [1.29, 1.82) is 0 Å². The Morgan fingerprint density at radius 1 is 1.06 bits per heavy atom. The third-order valence-electron chi connectivity index (χ3n) is 5.97. The fourth-order valence-corrected chi connectivity index (χ4v) is 6.02. The van der Waals surface area contributed by atoms with Crippen LogP contribution in [0, 0.1) is 10.1 Å². The predicted octanol–water partition coefficient (Wildman–Crippen LogP) is 2.66. The van der Waals surface area contributed by atoms with Crippen LogP contribution in [0.4, 0.5) is 11.4 Å². The number of aromatic amines is 1. The molecule has 0 amide bonds. The Morgan fingerprint density at radius 3 is 2.61 bits per heavy atom. The summed E-state index contributed by atoms with van der Waals surface area (Å²) in [6.45, 7) is 2.23. The summed E-state index contributed by atoms with van der Waals surface area (Å²) in [5, 5.41) is 12.5. The van der Waals surface area contributed by atoms with E-state index in [4.69, 9.17) is 4.74 Å². The summed E-state index contributed by atoms with van der Waals surface area (Å²) in [5.74, 6) is 0. The first-order valence-corrected chi connectivity index (χ1v) is 11.6. The summed E-state index contributed by atoms with van der Waals surface area (Å²) in [7, 11) is -3.91. The van der Waals surface area contributed by atoms with Crippen molar-refractivity contribution in [3.63, 3.8) is 0 Å². The third kappa shape index (κ3) is 3.46. The molecule has 0 bridgehead atoms. The summed E-state index contributed by atoms with van der Waals surface area (Å²) in [6, 6.07) is 12.2. The molecule has 162 valence electrons. The molecule has 31 heavy (non-hydrogen) atoms. The van der Waals surface area contributed by atoms with Gasteiger partial charge in [-0.15, -0.1) is 0 Å². The van der Waals surface area contributed by atoms with E-state index < -0.39 is 14.9 Å². The zero-order valence-corrected chi connectivity index (χ0v) is 17.6. The number of anilines is 1. The number of nitro groups is 1. The van der Waals surface area contributed by atoms with Crippen molar-refractivity contribution in [3.05, 3.63) is 63.8 Å². The number of hydrogen-bond acceptors (Lipinski definition) is 6. The average Bonchev–Trinajstić information content (AvgIpc) is 3.17. The SMILES string of the molecule is O=[N+]([O-])c1ccc(N2CCc3[nH]c4ccccc4c3C2)c(S(=O)(=O)N2CCOCC2)c1. The minimum Gasteiger partial charge on any atom is -0.379 e. The smallest absolute Gasteiger partial charge is 0.270 e.